The minimum atomic E-state index is -1.16. The summed E-state index contributed by atoms with van der Waals surface area (Å²) in [5.41, 5.74) is 0.418. The predicted molar refractivity (Wildman–Crippen MR) is 117 cm³/mol. The molecule has 0 spiro atoms. The van der Waals surface area contributed by atoms with E-state index >= 15 is 0 Å². The molecule has 1 fully saturated rings. The normalized spacial score (nSPS) is 15.4. The Morgan fingerprint density at radius 1 is 1.17 bits per heavy atom. The van der Waals surface area contributed by atoms with E-state index in [0.717, 1.165) is 4.90 Å². The first-order valence-corrected chi connectivity index (χ1v) is 9.73. The van der Waals surface area contributed by atoms with E-state index < -0.39 is 24.4 Å². The highest BCUT2D eigenvalue weighted by molar-refractivity contribution is 7.80. The molecule has 0 saturated carbocycles. The van der Waals surface area contributed by atoms with Gasteiger partial charge in [-0.2, -0.15) is 0 Å². The van der Waals surface area contributed by atoms with Crippen LogP contribution in [0.2, 0.25) is 15.1 Å². The third kappa shape index (κ3) is 4.57. The van der Waals surface area contributed by atoms with Crippen LogP contribution in [0.5, 0.6) is 5.75 Å². The van der Waals surface area contributed by atoms with Crippen LogP contribution in [0, 0.1) is 0 Å². The lowest BCUT2D eigenvalue weighted by atomic mass is 10.1. The number of amides is 2. The Bertz CT molecular complexity index is 1120. The van der Waals surface area contributed by atoms with Crippen LogP contribution >= 0.6 is 47.0 Å². The number of hydrogen-bond donors (Lipinski definition) is 2. The van der Waals surface area contributed by atoms with Crippen LogP contribution in [0.25, 0.3) is 6.08 Å². The fourth-order valence-corrected chi connectivity index (χ4v) is 3.47. The predicted octanol–water partition coefficient (Wildman–Crippen LogP) is 3.94. The molecule has 1 aliphatic rings. The van der Waals surface area contributed by atoms with Gasteiger partial charge in [-0.3, -0.25) is 19.8 Å². The summed E-state index contributed by atoms with van der Waals surface area (Å²) in [5, 5.41) is 11.4. The van der Waals surface area contributed by atoms with Crippen molar-refractivity contribution in [2.45, 2.75) is 0 Å². The van der Waals surface area contributed by atoms with E-state index in [-0.39, 0.29) is 37.2 Å². The fraction of sp³-hybridized carbons (Fsp3) is 0.0526. The van der Waals surface area contributed by atoms with Gasteiger partial charge in [0.2, 0.25) is 0 Å². The van der Waals surface area contributed by atoms with Crippen LogP contribution in [0.4, 0.5) is 5.69 Å². The SMILES string of the molecule is O=C(O)COc1ccc(/C=C2\C(=O)NC(=S)N(c3cccc(Cl)c3Cl)C2=O)cc1Cl. The molecule has 0 unspecified atom stereocenters. The van der Waals surface area contributed by atoms with Crippen molar-refractivity contribution in [3.8, 4) is 5.75 Å². The zero-order valence-electron chi connectivity index (χ0n) is 14.8. The van der Waals surface area contributed by atoms with Crippen LogP contribution in [0.15, 0.2) is 42.0 Å². The van der Waals surface area contributed by atoms with Gasteiger partial charge in [-0.05, 0) is 48.1 Å². The first-order chi connectivity index (χ1) is 14.2. The standard InChI is InChI=1S/C19H11Cl3N2O5S/c20-11-2-1-3-13(16(11)22)24-18(28)10(17(27)23-19(24)30)6-9-4-5-14(12(21)7-9)29-8-15(25)26/h1-7H,8H2,(H,25,26)(H,23,27,30)/b10-6+. The smallest absolute Gasteiger partial charge is 0.341 e. The topological polar surface area (TPSA) is 95.9 Å². The summed E-state index contributed by atoms with van der Waals surface area (Å²) in [5.74, 6) is -2.40. The molecule has 0 radical (unpaired) electrons. The molecule has 3 rings (SSSR count). The molecule has 1 heterocycles. The summed E-state index contributed by atoms with van der Waals surface area (Å²) in [6, 6.07) is 9.05. The maximum absolute atomic E-state index is 13.0. The zero-order chi connectivity index (χ0) is 22.0. The van der Waals surface area contributed by atoms with Crippen molar-refractivity contribution in [1.82, 2.24) is 5.32 Å². The Morgan fingerprint density at radius 3 is 2.57 bits per heavy atom. The van der Waals surface area contributed by atoms with Gasteiger partial charge in [-0.15, -0.1) is 0 Å². The quantitative estimate of drug-likeness (QED) is 0.378. The molecule has 2 aromatic rings. The number of ether oxygens (including phenoxy) is 1. The van der Waals surface area contributed by atoms with Gasteiger partial charge in [0.1, 0.15) is 11.3 Å². The summed E-state index contributed by atoms with van der Waals surface area (Å²) in [7, 11) is 0. The minimum absolute atomic E-state index is 0.105. The van der Waals surface area contributed by atoms with E-state index in [9.17, 15) is 14.4 Å². The third-order valence-electron chi connectivity index (χ3n) is 3.89. The Hall–Kier alpha value is -2.65. The summed E-state index contributed by atoms with van der Waals surface area (Å²) >= 11 is 23.4. The first-order valence-electron chi connectivity index (χ1n) is 8.18. The highest BCUT2D eigenvalue weighted by Gasteiger charge is 2.35. The van der Waals surface area contributed by atoms with Crippen molar-refractivity contribution >= 4 is 81.7 Å². The van der Waals surface area contributed by atoms with Crippen molar-refractivity contribution in [3.63, 3.8) is 0 Å². The largest absolute Gasteiger partial charge is 0.480 e. The van der Waals surface area contributed by atoms with Gasteiger partial charge >= 0.3 is 5.97 Å². The van der Waals surface area contributed by atoms with E-state index in [0.29, 0.717) is 5.56 Å². The number of benzene rings is 2. The number of carboxylic acids is 1. The van der Waals surface area contributed by atoms with Gasteiger partial charge < -0.3 is 9.84 Å². The first kappa shape index (κ1) is 22.0. The number of nitrogens with zero attached hydrogens (tertiary/aromatic N) is 1. The van der Waals surface area contributed by atoms with Crippen molar-refractivity contribution in [2.24, 2.45) is 0 Å². The van der Waals surface area contributed by atoms with Gasteiger partial charge in [0.05, 0.1) is 20.8 Å². The van der Waals surface area contributed by atoms with Gasteiger partial charge in [0.25, 0.3) is 11.8 Å². The summed E-state index contributed by atoms with van der Waals surface area (Å²) in [6.45, 7) is -0.562. The van der Waals surface area contributed by atoms with Gasteiger partial charge in [-0.25, -0.2) is 4.79 Å². The number of anilines is 1. The Labute approximate surface area is 190 Å². The molecule has 7 nitrogen and oxygen atoms in total. The van der Waals surface area contributed by atoms with Crippen LogP contribution in [-0.4, -0.2) is 34.6 Å². The van der Waals surface area contributed by atoms with Crippen LogP contribution in [-0.2, 0) is 14.4 Å². The number of carbonyl (C=O) groups excluding carboxylic acids is 2. The van der Waals surface area contributed by atoms with E-state index in [4.69, 9.17) is 56.9 Å². The van der Waals surface area contributed by atoms with Crippen molar-refractivity contribution in [1.29, 1.82) is 0 Å². The van der Waals surface area contributed by atoms with Crippen LogP contribution < -0.4 is 15.0 Å². The number of thiocarbonyl (C=S) groups is 1. The monoisotopic (exact) mass is 484 g/mol. The number of nitrogens with one attached hydrogen (secondary N) is 1. The maximum atomic E-state index is 13.0. The second-order valence-electron chi connectivity index (χ2n) is 5.90. The van der Waals surface area contributed by atoms with Crippen molar-refractivity contribution < 1.29 is 24.2 Å². The van der Waals surface area contributed by atoms with E-state index in [1.54, 1.807) is 18.2 Å². The van der Waals surface area contributed by atoms with Gasteiger partial charge in [-0.1, -0.05) is 46.9 Å². The molecule has 2 aromatic carbocycles. The molecule has 2 amide bonds. The van der Waals surface area contributed by atoms with Crippen molar-refractivity contribution in [3.05, 3.63) is 62.6 Å². The molecule has 0 aliphatic carbocycles. The lowest BCUT2D eigenvalue weighted by Gasteiger charge is -2.29. The van der Waals surface area contributed by atoms with E-state index in [1.807, 2.05) is 0 Å². The van der Waals surface area contributed by atoms with Crippen LogP contribution in [0.3, 0.4) is 0 Å². The molecule has 0 bridgehead atoms. The lowest BCUT2D eigenvalue weighted by Crippen LogP contribution is -2.54. The molecule has 1 saturated heterocycles. The molecule has 0 aromatic heterocycles. The summed E-state index contributed by atoms with van der Waals surface area (Å²) in [6.07, 6.45) is 1.32. The highest BCUT2D eigenvalue weighted by Crippen LogP contribution is 2.34. The molecular weight excluding hydrogens is 475 g/mol. The second-order valence-corrected chi connectivity index (χ2v) is 7.48. The Kier molecular flexibility index (Phi) is 6.62. The molecular formula is C19H11Cl3N2O5S. The van der Waals surface area contributed by atoms with E-state index in [2.05, 4.69) is 5.32 Å². The molecule has 1 aliphatic heterocycles. The maximum Gasteiger partial charge on any atom is 0.341 e. The van der Waals surface area contributed by atoms with Gasteiger partial charge in [0.15, 0.2) is 11.7 Å². The lowest BCUT2D eigenvalue weighted by molar-refractivity contribution is -0.139. The average molecular weight is 486 g/mol. The fourth-order valence-electron chi connectivity index (χ4n) is 2.57. The third-order valence-corrected chi connectivity index (χ3v) is 5.28. The number of carbonyl (C=O) groups is 3. The molecule has 154 valence electrons. The minimum Gasteiger partial charge on any atom is -0.480 e. The number of aliphatic carboxylic acids is 1. The number of halogens is 3. The van der Waals surface area contributed by atoms with Crippen molar-refractivity contribution in [2.75, 3.05) is 11.5 Å². The van der Waals surface area contributed by atoms with E-state index in [1.165, 1.54) is 24.3 Å². The molecule has 11 heteroatoms. The molecule has 2 N–H and O–H groups in total. The average Bonchev–Trinajstić information content (AvgIpc) is 2.67. The number of hydrogen-bond acceptors (Lipinski definition) is 5. The zero-order valence-corrected chi connectivity index (χ0v) is 17.9. The second kappa shape index (κ2) is 9.01. The Morgan fingerprint density at radius 2 is 1.90 bits per heavy atom. The van der Waals surface area contributed by atoms with Crippen LogP contribution in [0.1, 0.15) is 5.56 Å². The number of rotatable bonds is 5. The summed E-state index contributed by atoms with van der Waals surface area (Å²) in [4.78, 5) is 37.1. The molecule has 30 heavy (non-hydrogen) atoms. The molecule has 0 atom stereocenters. The number of carboxylic acid groups (broad SMARTS) is 1. The van der Waals surface area contributed by atoms with Gasteiger partial charge in [0, 0.05) is 0 Å². The highest BCUT2D eigenvalue weighted by atomic mass is 35.5. The summed E-state index contributed by atoms with van der Waals surface area (Å²) < 4.78 is 5.05. The Balaban J connectivity index is 1.96.